The number of ether oxygens (including phenoxy) is 1. The maximum absolute atomic E-state index is 12.7. The molecule has 1 aliphatic carbocycles. The predicted molar refractivity (Wildman–Crippen MR) is 114 cm³/mol. The van der Waals surface area contributed by atoms with Crippen LogP contribution in [0.5, 0.6) is 5.75 Å². The summed E-state index contributed by atoms with van der Waals surface area (Å²) in [4.78, 5) is 16.9. The van der Waals surface area contributed by atoms with E-state index in [4.69, 9.17) is 16.3 Å². The molecule has 2 aromatic carbocycles. The zero-order valence-electron chi connectivity index (χ0n) is 16.2. The van der Waals surface area contributed by atoms with Crippen molar-refractivity contribution in [3.63, 3.8) is 0 Å². The van der Waals surface area contributed by atoms with Gasteiger partial charge in [0, 0.05) is 17.1 Å². The third kappa shape index (κ3) is 4.77. The quantitative estimate of drug-likeness (QED) is 0.579. The lowest BCUT2D eigenvalue weighted by Crippen LogP contribution is -2.28. The van der Waals surface area contributed by atoms with Crippen molar-refractivity contribution in [1.29, 1.82) is 0 Å². The SMILES string of the molecule is CC(NC(=O)C1CC1c1ccccc1Cl)c1cccc(OCc2ccccn2)c1. The van der Waals surface area contributed by atoms with Gasteiger partial charge in [0.15, 0.2) is 0 Å². The predicted octanol–water partition coefficient (Wildman–Crippen LogP) is 5.29. The molecule has 0 aliphatic heterocycles. The highest BCUT2D eigenvalue weighted by Gasteiger charge is 2.45. The van der Waals surface area contributed by atoms with Crippen LogP contribution in [-0.4, -0.2) is 10.9 Å². The molecular formula is C24H23ClN2O2. The Morgan fingerprint density at radius 2 is 2.00 bits per heavy atom. The Labute approximate surface area is 175 Å². The molecular weight excluding hydrogens is 384 g/mol. The Balaban J connectivity index is 1.34. The summed E-state index contributed by atoms with van der Waals surface area (Å²) in [6, 6.07) is 21.2. The molecule has 1 aromatic heterocycles. The van der Waals surface area contributed by atoms with E-state index >= 15 is 0 Å². The van der Waals surface area contributed by atoms with Crippen LogP contribution in [0.25, 0.3) is 0 Å². The van der Waals surface area contributed by atoms with E-state index in [2.05, 4.69) is 10.3 Å². The number of nitrogens with zero attached hydrogens (tertiary/aromatic N) is 1. The second-order valence-electron chi connectivity index (χ2n) is 7.38. The summed E-state index contributed by atoms with van der Waals surface area (Å²) in [5, 5.41) is 3.86. The Morgan fingerprint density at radius 1 is 1.17 bits per heavy atom. The van der Waals surface area contributed by atoms with Crippen LogP contribution in [0.2, 0.25) is 5.02 Å². The molecule has 3 aromatic rings. The second kappa shape index (κ2) is 8.66. The van der Waals surface area contributed by atoms with Crippen LogP contribution >= 0.6 is 11.6 Å². The van der Waals surface area contributed by atoms with Crippen LogP contribution in [0.3, 0.4) is 0 Å². The van der Waals surface area contributed by atoms with Gasteiger partial charge in [-0.2, -0.15) is 0 Å². The van der Waals surface area contributed by atoms with Gasteiger partial charge in [-0.25, -0.2) is 0 Å². The molecule has 1 saturated carbocycles. The molecule has 1 fully saturated rings. The minimum Gasteiger partial charge on any atom is -0.487 e. The van der Waals surface area contributed by atoms with Crippen LogP contribution in [0.15, 0.2) is 72.9 Å². The summed E-state index contributed by atoms with van der Waals surface area (Å²) in [6.45, 7) is 2.40. The third-order valence-electron chi connectivity index (χ3n) is 5.26. The highest BCUT2D eigenvalue weighted by atomic mass is 35.5. The van der Waals surface area contributed by atoms with Gasteiger partial charge in [-0.05, 0) is 60.7 Å². The summed E-state index contributed by atoms with van der Waals surface area (Å²) >= 11 is 6.27. The molecule has 1 N–H and O–H groups in total. The van der Waals surface area contributed by atoms with Crippen molar-refractivity contribution < 1.29 is 9.53 Å². The Bertz CT molecular complexity index is 993. The van der Waals surface area contributed by atoms with Gasteiger partial charge in [0.05, 0.1) is 11.7 Å². The van der Waals surface area contributed by atoms with Gasteiger partial charge in [-0.15, -0.1) is 0 Å². The smallest absolute Gasteiger partial charge is 0.224 e. The van der Waals surface area contributed by atoms with Crippen LogP contribution in [0.1, 0.15) is 42.1 Å². The first-order valence-electron chi connectivity index (χ1n) is 9.79. The van der Waals surface area contributed by atoms with E-state index in [0.717, 1.165) is 34.0 Å². The number of aromatic nitrogens is 1. The molecule has 3 unspecified atom stereocenters. The van der Waals surface area contributed by atoms with Crippen LogP contribution in [0.4, 0.5) is 0 Å². The molecule has 0 radical (unpaired) electrons. The molecule has 1 heterocycles. The fraction of sp³-hybridized carbons (Fsp3) is 0.250. The number of nitrogens with one attached hydrogen (secondary N) is 1. The summed E-state index contributed by atoms with van der Waals surface area (Å²) in [7, 11) is 0. The minimum atomic E-state index is -0.103. The topological polar surface area (TPSA) is 51.2 Å². The van der Waals surface area contributed by atoms with Gasteiger partial charge < -0.3 is 10.1 Å². The molecule has 148 valence electrons. The Morgan fingerprint density at radius 3 is 2.79 bits per heavy atom. The maximum atomic E-state index is 12.7. The summed E-state index contributed by atoms with van der Waals surface area (Å²) in [6.07, 6.45) is 2.59. The normalized spacial score (nSPS) is 18.7. The summed E-state index contributed by atoms with van der Waals surface area (Å²) in [5.41, 5.74) is 2.94. The van der Waals surface area contributed by atoms with Crippen LogP contribution in [0, 0.1) is 5.92 Å². The van der Waals surface area contributed by atoms with Crippen molar-refractivity contribution in [3.05, 3.63) is 94.8 Å². The zero-order chi connectivity index (χ0) is 20.2. The second-order valence-corrected chi connectivity index (χ2v) is 7.79. The van der Waals surface area contributed by atoms with Gasteiger partial charge in [0.1, 0.15) is 12.4 Å². The summed E-state index contributed by atoms with van der Waals surface area (Å²) < 4.78 is 5.85. The first-order valence-corrected chi connectivity index (χ1v) is 10.2. The van der Waals surface area contributed by atoms with E-state index in [1.165, 1.54) is 0 Å². The van der Waals surface area contributed by atoms with Gasteiger partial charge in [0.25, 0.3) is 0 Å². The highest BCUT2D eigenvalue weighted by molar-refractivity contribution is 6.31. The van der Waals surface area contributed by atoms with E-state index in [0.29, 0.717) is 6.61 Å². The number of pyridine rings is 1. The molecule has 1 amide bonds. The molecule has 0 saturated heterocycles. The lowest BCUT2D eigenvalue weighted by Gasteiger charge is -2.16. The average Bonchev–Trinajstić information content (AvgIpc) is 3.54. The minimum absolute atomic E-state index is 0.0130. The van der Waals surface area contributed by atoms with Crippen molar-refractivity contribution in [2.75, 3.05) is 0 Å². The number of carbonyl (C=O) groups is 1. The number of rotatable bonds is 7. The molecule has 4 nitrogen and oxygen atoms in total. The van der Waals surface area contributed by atoms with Crippen LogP contribution in [-0.2, 0) is 11.4 Å². The van der Waals surface area contributed by atoms with Crippen molar-refractivity contribution in [2.45, 2.75) is 31.9 Å². The zero-order valence-corrected chi connectivity index (χ0v) is 17.0. The van der Waals surface area contributed by atoms with Crippen molar-refractivity contribution in [1.82, 2.24) is 10.3 Å². The van der Waals surface area contributed by atoms with E-state index in [1.807, 2.05) is 73.7 Å². The monoisotopic (exact) mass is 406 g/mol. The number of halogens is 1. The number of amides is 1. The molecule has 4 rings (SSSR count). The number of benzene rings is 2. The number of hydrogen-bond acceptors (Lipinski definition) is 3. The Hall–Kier alpha value is -2.85. The fourth-order valence-corrected chi connectivity index (χ4v) is 3.80. The largest absolute Gasteiger partial charge is 0.487 e. The maximum Gasteiger partial charge on any atom is 0.224 e. The summed E-state index contributed by atoms with van der Waals surface area (Å²) in [5.74, 6) is 1.03. The molecule has 3 atom stereocenters. The van der Waals surface area contributed by atoms with E-state index in [9.17, 15) is 4.79 Å². The standard InChI is InChI=1S/C24H23ClN2O2/c1-16(27-24(28)22-14-21(22)20-10-2-3-11-23(20)25)17-7-6-9-19(13-17)29-15-18-8-4-5-12-26-18/h2-13,16,21-22H,14-15H2,1H3,(H,27,28). The van der Waals surface area contributed by atoms with Crippen molar-refractivity contribution in [3.8, 4) is 5.75 Å². The molecule has 1 aliphatic rings. The first kappa shape index (κ1) is 19.5. The third-order valence-corrected chi connectivity index (χ3v) is 5.61. The molecule has 0 bridgehead atoms. The fourth-order valence-electron chi connectivity index (χ4n) is 3.52. The Kier molecular flexibility index (Phi) is 5.81. The van der Waals surface area contributed by atoms with Gasteiger partial charge in [-0.3, -0.25) is 9.78 Å². The molecule has 29 heavy (non-hydrogen) atoms. The first-order chi connectivity index (χ1) is 14.1. The van der Waals surface area contributed by atoms with Gasteiger partial charge in [0.2, 0.25) is 5.91 Å². The average molecular weight is 407 g/mol. The van der Waals surface area contributed by atoms with E-state index < -0.39 is 0 Å². The van der Waals surface area contributed by atoms with Crippen molar-refractivity contribution in [2.24, 2.45) is 5.92 Å². The van der Waals surface area contributed by atoms with Crippen molar-refractivity contribution >= 4 is 17.5 Å². The lowest BCUT2D eigenvalue weighted by atomic mass is 10.1. The number of carbonyl (C=O) groups excluding carboxylic acids is 1. The highest BCUT2D eigenvalue weighted by Crippen LogP contribution is 2.49. The number of hydrogen-bond donors (Lipinski definition) is 1. The van der Waals surface area contributed by atoms with E-state index in [-0.39, 0.29) is 23.8 Å². The van der Waals surface area contributed by atoms with Gasteiger partial charge >= 0.3 is 0 Å². The van der Waals surface area contributed by atoms with E-state index in [1.54, 1.807) is 6.20 Å². The molecule has 0 spiro atoms. The van der Waals surface area contributed by atoms with Gasteiger partial charge in [-0.1, -0.05) is 48.0 Å². The lowest BCUT2D eigenvalue weighted by molar-refractivity contribution is -0.123. The van der Waals surface area contributed by atoms with Crippen LogP contribution < -0.4 is 10.1 Å². The molecule has 5 heteroatoms.